The molecule has 116 valence electrons. The number of hydrogen-bond donors (Lipinski definition) is 0. The van der Waals surface area contributed by atoms with E-state index >= 15 is 0 Å². The van der Waals surface area contributed by atoms with Crippen LogP contribution in [0.5, 0.6) is 11.5 Å². The van der Waals surface area contributed by atoms with E-state index in [1.165, 1.54) is 0 Å². The number of ether oxygens (including phenoxy) is 2. The molecule has 1 heterocycles. The van der Waals surface area contributed by atoms with Crippen molar-refractivity contribution >= 4 is 5.91 Å². The van der Waals surface area contributed by atoms with Crippen molar-refractivity contribution in [3.63, 3.8) is 0 Å². The van der Waals surface area contributed by atoms with Crippen LogP contribution < -0.4 is 9.47 Å². The van der Waals surface area contributed by atoms with E-state index in [-0.39, 0.29) is 17.5 Å². The highest BCUT2D eigenvalue weighted by molar-refractivity contribution is 5.95. The monoisotopic (exact) mass is 291 g/mol. The van der Waals surface area contributed by atoms with Crippen LogP contribution in [-0.2, 0) is 0 Å². The Hall–Kier alpha value is -1.71. The van der Waals surface area contributed by atoms with Gasteiger partial charge in [-0.1, -0.05) is 6.92 Å². The van der Waals surface area contributed by atoms with E-state index in [4.69, 9.17) is 9.47 Å². The number of carbonyl (C=O) groups is 1. The van der Waals surface area contributed by atoms with Crippen molar-refractivity contribution in [1.82, 2.24) is 4.90 Å². The molecule has 0 radical (unpaired) electrons. The van der Waals surface area contributed by atoms with E-state index in [9.17, 15) is 4.79 Å². The Morgan fingerprint density at radius 1 is 1.24 bits per heavy atom. The number of fused-ring (bicyclic) bond motifs is 1. The zero-order valence-corrected chi connectivity index (χ0v) is 13.6. The number of nitrogens with zero attached hydrogens (tertiary/aromatic N) is 1. The third kappa shape index (κ3) is 3.31. The van der Waals surface area contributed by atoms with Crippen LogP contribution in [0.3, 0.4) is 0 Å². The van der Waals surface area contributed by atoms with E-state index in [1.807, 2.05) is 17.0 Å². The maximum Gasteiger partial charge on any atom is 0.254 e. The normalized spacial score (nSPS) is 15.5. The molecule has 0 aromatic heterocycles. The van der Waals surface area contributed by atoms with Gasteiger partial charge in [0, 0.05) is 17.1 Å². The van der Waals surface area contributed by atoms with E-state index in [1.54, 1.807) is 6.07 Å². The highest BCUT2D eigenvalue weighted by Gasteiger charge is 2.31. The van der Waals surface area contributed by atoms with Gasteiger partial charge in [-0.3, -0.25) is 4.79 Å². The summed E-state index contributed by atoms with van der Waals surface area (Å²) in [6, 6.07) is 5.61. The zero-order chi connectivity index (χ0) is 15.6. The average molecular weight is 291 g/mol. The fraction of sp³-hybridized carbons (Fsp3) is 0.588. The summed E-state index contributed by atoms with van der Waals surface area (Å²) in [5.74, 6) is 1.41. The molecule has 4 heteroatoms. The molecule has 0 saturated heterocycles. The molecule has 1 aromatic carbocycles. The summed E-state index contributed by atoms with van der Waals surface area (Å²) in [7, 11) is 0. The first-order valence-corrected chi connectivity index (χ1v) is 7.58. The molecule has 1 amide bonds. The van der Waals surface area contributed by atoms with Crippen molar-refractivity contribution in [2.45, 2.75) is 52.6 Å². The molecule has 1 atom stereocenters. The Morgan fingerprint density at radius 3 is 2.43 bits per heavy atom. The average Bonchev–Trinajstić information content (AvgIpc) is 2.45. The minimum atomic E-state index is -0.222. The third-order valence-corrected chi connectivity index (χ3v) is 3.76. The Kier molecular flexibility index (Phi) is 4.45. The van der Waals surface area contributed by atoms with Gasteiger partial charge in [0.05, 0.1) is 0 Å². The smallest absolute Gasteiger partial charge is 0.254 e. The van der Waals surface area contributed by atoms with Gasteiger partial charge in [0.15, 0.2) is 11.5 Å². The van der Waals surface area contributed by atoms with E-state index in [2.05, 4.69) is 34.6 Å². The van der Waals surface area contributed by atoms with Crippen molar-refractivity contribution in [2.75, 3.05) is 13.2 Å². The van der Waals surface area contributed by atoms with Crippen molar-refractivity contribution < 1.29 is 14.3 Å². The molecule has 21 heavy (non-hydrogen) atoms. The molecule has 0 spiro atoms. The van der Waals surface area contributed by atoms with Gasteiger partial charge in [0.25, 0.3) is 5.91 Å². The third-order valence-electron chi connectivity index (χ3n) is 3.76. The number of amides is 1. The molecule has 0 N–H and O–H groups in total. The molecular weight excluding hydrogens is 266 g/mol. The molecule has 0 saturated carbocycles. The first-order chi connectivity index (χ1) is 9.84. The Labute approximate surface area is 127 Å². The summed E-state index contributed by atoms with van der Waals surface area (Å²) < 4.78 is 11.1. The standard InChI is InChI=1S/C17H25NO3/c1-6-12(2)18(17(3,4)5)16(19)13-7-8-14-15(11-13)21-10-9-20-14/h7-8,11-12H,6,9-10H2,1-5H3. The van der Waals surface area contributed by atoms with Crippen LogP contribution in [0.25, 0.3) is 0 Å². The number of hydrogen-bond acceptors (Lipinski definition) is 3. The first-order valence-electron chi connectivity index (χ1n) is 7.58. The summed E-state index contributed by atoms with van der Waals surface area (Å²) in [4.78, 5) is 14.9. The summed E-state index contributed by atoms with van der Waals surface area (Å²) in [6.07, 6.45) is 0.924. The highest BCUT2D eigenvalue weighted by Crippen LogP contribution is 2.32. The van der Waals surface area contributed by atoms with Gasteiger partial charge in [0.1, 0.15) is 13.2 Å². The predicted octanol–water partition coefficient (Wildman–Crippen LogP) is 3.50. The lowest BCUT2D eigenvalue weighted by molar-refractivity contribution is 0.0457. The first kappa shape index (κ1) is 15.7. The van der Waals surface area contributed by atoms with Gasteiger partial charge in [-0.15, -0.1) is 0 Å². The molecule has 4 nitrogen and oxygen atoms in total. The molecule has 0 fully saturated rings. The lowest BCUT2D eigenvalue weighted by Crippen LogP contribution is -2.50. The second-order valence-corrected chi connectivity index (χ2v) is 6.46. The maximum atomic E-state index is 12.9. The fourth-order valence-corrected chi connectivity index (χ4v) is 2.66. The SMILES string of the molecule is CCC(C)N(C(=O)c1ccc2c(c1)OCCO2)C(C)(C)C. The van der Waals surface area contributed by atoms with Gasteiger partial charge >= 0.3 is 0 Å². The summed E-state index contributed by atoms with van der Waals surface area (Å²) in [6.45, 7) is 11.5. The minimum absolute atomic E-state index is 0.0359. The summed E-state index contributed by atoms with van der Waals surface area (Å²) in [5, 5.41) is 0. The van der Waals surface area contributed by atoms with Crippen molar-refractivity contribution in [2.24, 2.45) is 0 Å². The quantitative estimate of drug-likeness (QED) is 0.855. The van der Waals surface area contributed by atoms with Crippen LogP contribution in [0, 0.1) is 0 Å². The topological polar surface area (TPSA) is 38.8 Å². The molecule has 1 aromatic rings. The minimum Gasteiger partial charge on any atom is -0.486 e. The fourth-order valence-electron chi connectivity index (χ4n) is 2.66. The van der Waals surface area contributed by atoms with Gasteiger partial charge < -0.3 is 14.4 Å². The molecule has 0 bridgehead atoms. The van der Waals surface area contributed by atoms with E-state index < -0.39 is 0 Å². The number of carbonyl (C=O) groups excluding carboxylic acids is 1. The van der Waals surface area contributed by atoms with Gasteiger partial charge in [0.2, 0.25) is 0 Å². The summed E-state index contributed by atoms with van der Waals surface area (Å²) in [5.41, 5.74) is 0.425. The Balaban J connectivity index is 2.33. The van der Waals surface area contributed by atoms with E-state index in [0.29, 0.717) is 30.3 Å². The second-order valence-electron chi connectivity index (χ2n) is 6.46. The molecule has 1 aliphatic heterocycles. The largest absolute Gasteiger partial charge is 0.486 e. The zero-order valence-electron chi connectivity index (χ0n) is 13.6. The van der Waals surface area contributed by atoms with Crippen molar-refractivity contribution in [3.8, 4) is 11.5 Å². The van der Waals surface area contributed by atoms with Crippen LogP contribution >= 0.6 is 0 Å². The Morgan fingerprint density at radius 2 is 1.86 bits per heavy atom. The lowest BCUT2D eigenvalue weighted by atomic mass is 9.99. The molecule has 1 unspecified atom stereocenters. The predicted molar refractivity (Wildman–Crippen MR) is 83.1 cm³/mol. The molecule has 0 aliphatic carbocycles. The molecule has 1 aliphatic rings. The maximum absolute atomic E-state index is 12.9. The van der Waals surface area contributed by atoms with Gasteiger partial charge in [-0.05, 0) is 52.3 Å². The molecular formula is C17H25NO3. The van der Waals surface area contributed by atoms with Crippen LogP contribution in [0.1, 0.15) is 51.4 Å². The number of rotatable bonds is 3. The number of benzene rings is 1. The highest BCUT2D eigenvalue weighted by atomic mass is 16.6. The summed E-state index contributed by atoms with van der Waals surface area (Å²) >= 11 is 0. The van der Waals surface area contributed by atoms with Crippen molar-refractivity contribution in [1.29, 1.82) is 0 Å². The van der Waals surface area contributed by atoms with Crippen LogP contribution in [0.4, 0.5) is 0 Å². The second kappa shape index (κ2) is 5.96. The van der Waals surface area contributed by atoms with Crippen molar-refractivity contribution in [3.05, 3.63) is 23.8 Å². The van der Waals surface area contributed by atoms with Gasteiger partial charge in [-0.2, -0.15) is 0 Å². The van der Waals surface area contributed by atoms with Crippen LogP contribution in [0.2, 0.25) is 0 Å². The Bertz CT molecular complexity index is 519. The van der Waals surface area contributed by atoms with Crippen LogP contribution in [-0.4, -0.2) is 35.6 Å². The van der Waals surface area contributed by atoms with Crippen LogP contribution in [0.15, 0.2) is 18.2 Å². The van der Waals surface area contributed by atoms with E-state index in [0.717, 1.165) is 6.42 Å². The lowest BCUT2D eigenvalue weighted by Gasteiger charge is -2.40. The molecule has 2 rings (SSSR count). The van der Waals surface area contributed by atoms with Gasteiger partial charge in [-0.25, -0.2) is 0 Å².